The lowest BCUT2D eigenvalue weighted by Crippen LogP contribution is -1.97. The van der Waals surface area contributed by atoms with Gasteiger partial charge in [0, 0.05) is 35.2 Å². The Labute approximate surface area is 148 Å². The predicted octanol–water partition coefficient (Wildman–Crippen LogP) is 4.69. The van der Waals surface area contributed by atoms with E-state index in [-0.39, 0.29) is 5.88 Å². The topological polar surface area (TPSA) is 73.3 Å². The number of hydrogen-bond donors (Lipinski definition) is 3. The van der Waals surface area contributed by atoms with Crippen LogP contribution in [0.5, 0.6) is 5.88 Å². The first-order valence-corrected chi connectivity index (χ1v) is 8.73. The first kappa shape index (κ1) is 15.4. The summed E-state index contributed by atoms with van der Waals surface area (Å²) in [6, 6.07) is 15.7. The number of hydrogen-bond acceptors (Lipinski definition) is 5. The highest BCUT2D eigenvalue weighted by atomic mass is 32.1. The molecule has 0 saturated heterocycles. The van der Waals surface area contributed by atoms with Crippen LogP contribution in [0, 0.1) is 0 Å². The summed E-state index contributed by atoms with van der Waals surface area (Å²) in [5.41, 5.74) is 3.59. The Morgan fingerprint density at radius 3 is 2.80 bits per heavy atom. The van der Waals surface area contributed by atoms with E-state index in [2.05, 4.69) is 20.3 Å². The van der Waals surface area contributed by atoms with Gasteiger partial charge < -0.3 is 15.4 Å². The summed E-state index contributed by atoms with van der Waals surface area (Å²) < 4.78 is 0. The minimum atomic E-state index is 0.134. The summed E-state index contributed by atoms with van der Waals surface area (Å²) in [4.78, 5) is 11.6. The molecule has 2 aromatic heterocycles. The number of H-pyrrole nitrogens is 1. The molecule has 0 aliphatic carbocycles. The number of benzene rings is 2. The van der Waals surface area contributed by atoms with Crippen LogP contribution in [0.15, 0.2) is 65.1 Å². The fourth-order valence-corrected chi connectivity index (χ4v) is 3.14. The van der Waals surface area contributed by atoms with E-state index in [9.17, 15) is 5.11 Å². The zero-order chi connectivity index (χ0) is 17.1. The number of aliphatic imine (C=N–C) groups is 1. The smallest absolute Gasteiger partial charge is 0.198 e. The average molecular weight is 348 g/mol. The van der Waals surface area contributed by atoms with Crippen molar-refractivity contribution in [2.45, 2.75) is 6.54 Å². The molecule has 0 saturated carbocycles. The van der Waals surface area contributed by atoms with E-state index in [0.717, 1.165) is 33.8 Å². The van der Waals surface area contributed by atoms with Gasteiger partial charge in [-0.3, -0.25) is 4.99 Å². The first-order chi connectivity index (χ1) is 12.3. The molecule has 0 amide bonds. The van der Waals surface area contributed by atoms with Gasteiger partial charge in [0.1, 0.15) is 0 Å². The summed E-state index contributed by atoms with van der Waals surface area (Å²) in [7, 11) is 0. The quantitative estimate of drug-likeness (QED) is 0.458. The SMILES string of the molecule is Oc1[nH]c2ccccc2c1C=Nc1ccc(CNc2nccs2)cc1. The molecule has 0 radical (unpaired) electrons. The molecule has 2 aromatic carbocycles. The molecule has 124 valence electrons. The Bertz CT molecular complexity index is 1000. The van der Waals surface area contributed by atoms with Crippen molar-refractivity contribution in [2.75, 3.05) is 5.32 Å². The number of aromatic nitrogens is 2. The van der Waals surface area contributed by atoms with Crippen molar-refractivity contribution < 1.29 is 5.11 Å². The highest BCUT2D eigenvalue weighted by molar-refractivity contribution is 7.13. The highest BCUT2D eigenvalue weighted by Gasteiger charge is 2.07. The summed E-state index contributed by atoms with van der Waals surface area (Å²) in [6.07, 6.45) is 3.47. The van der Waals surface area contributed by atoms with Crippen LogP contribution in [0.25, 0.3) is 10.9 Å². The number of fused-ring (bicyclic) bond motifs is 1. The van der Waals surface area contributed by atoms with Gasteiger partial charge in [0.25, 0.3) is 0 Å². The van der Waals surface area contributed by atoms with Gasteiger partial charge in [0.2, 0.25) is 0 Å². The molecular weight excluding hydrogens is 332 g/mol. The molecule has 4 rings (SSSR count). The summed E-state index contributed by atoms with van der Waals surface area (Å²) in [5, 5.41) is 17.1. The molecule has 0 aliphatic heterocycles. The molecule has 0 bridgehead atoms. The minimum absolute atomic E-state index is 0.134. The van der Waals surface area contributed by atoms with Crippen LogP contribution < -0.4 is 5.32 Å². The van der Waals surface area contributed by atoms with Crippen molar-refractivity contribution in [3.8, 4) is 5.88 Å². The maximum atomic E-state index is 10.1. The fourth-order valence-electron chi connectivity index (χ4n) is 2.61. The van der Waals surface area contributed by atoms with Crippen molar-refractivity contribution in [1.82, 2.24) is 9.97 Å². The number of nitrogens with zero attached hydrogens (tertiary/aromatic N) is 2. The normalized spacial score (nSPS) is 11.4. The molecule has 0 fully saturated rings. The molecule has 6 heteroatoms. The van der Waals surface area contributed by atoms with Gasteiger partial charge in [-0.2, -0.15) is 0 Å². The number of para-hydroxylation sites is 1. The molecule has 5 nitrogen and oxygen atoms in total. The second kappa shape index (κ2) is 6.78. The number of rotatable bonds is 5. The molecule has 2 heterocycles. The highest BCUT2D eigenvalue weighted by Crippen LogP contribution is 2.26. The third-order valence-corrected chi connectivity index (χ3v) is 4.61. The zero-order valence-electron chi connectivity index (χ0n) is 13.3. The van der Waals surface area contributed by atoms with Crippen molar-refractivity contribution in [3.05, 3.63) is 71.2 Å². The Hall–Kier alpha value is -3.12. The van der Waals surface area contributed by atoms with Gasteiger partial charge in [-0.15, -0.1) is 11.3 Å². The molecule has 25 heavy (non-hydrogen) atoms. The first-order valence-electron chi connectivity index (χ1n) is 7.85. The Balaban J connectivity index is 1.48. The van der Waals surface area contributed by atoms with E-state index in [1.807, 2.05) is 53.9 Å². The Kier molecular flexibility index (Phi) is 4.18. The molecule has 0 unspecified atom stereocenters. The van der Waals surface area contributed by atoms with Crippen molar-refractivity contribution >= 4 is 39.3 Å². The zero-order valence-corrected chi connectivity index (χ0v) is 14.1. The lowest BCUT2D eigenvalue weighted by molar-refractivity contribution is 0.457. The summed E-state index contributed by atoms with van der Waals surface area (Å²) in [5.74, 6) is 0.134. The van der Waals surface area contributed by atoms with Crippen LogP contribution in [0.2, 0.25) is 0 Å². The van der Waals surface area contributed by atoms with Crippen LogP contribution >= 0.6 is 11.3 Å². The van der Waals surface area contributed by atoms with Crippen molar-refractivity contribution in [3.63, 3.8) is 0 Å². The van der Waals surface area contributed by atoms with E-state index in [1.54, 1.807) is 23.7 Å². The van der Waals surface area contributed by atoms with Crippen LogP contribution in [-0.2, 0) is 6.54 Å². The van der Waals surface area contributed by atoms with E-state index < -0.39 is 0 Å². The minimum Gasteiger partial charge on any atom is -0.494 e. The van der Waals surface area contributed by atoms with E-state index in [0.29, 0.717) is 5.56 Å². The van der Waals surface area contributed by atoms with Crippen molar-refractivity contribution in [1.29, 1.82) is 0 Å². The van der Waals surface area contributed by atoms with Gasteiger partial charge in [0.05, 0.1) is 11.3 Å². The standard InChI is InChI=1S/C19H16N4OS/c24-18-16(15-3-1-2-4-17(15)23-18)12-21-14-7-5-13(6-8-14)11-22-19-20-9-10-25-19/h1-10,12,23-24H,11H2,(H,20,22). The van der Waals surface area contributed by atoms with E-state index in [1.165, 1.54) is 0 Å². The second-order valence-electron chi connectivity index (χ2n) is 5.55. The molecular formula is C19H16N4OS. The average Bonchev–Trinajstić information content (AvgIpc) is 3.26. The number of thiazole rings is 1. The van der Waals surface area contributed by atoms with Crippen LogP contribution in [0.3, 0.4) is 0 Å². The Morgan fingerprint density at radius 1 is 1.16 bits per heavy atom. The summed E-state index contributed by atoms with van der Waals surface area (Å²) in [6.45, 7) is 0.723. The number of nitrogens with one attached hydrogen (secondary N) is 2. The maximum absolute atomic E-state index is 10.1. The molecule has 0 aliphatic rings. The third kappa shape index (κ3) is 3.39. The largest absolute Gasteiger partial charge is 0.494 e. The lowest BCUT2D eigenvalue weighted by atomic mass is 10.2. The molecule has 0 spiro atoms. The van der Waals surface area contributed by atoms with Gasteiger partial charge in [-0.25, -0.2) is 4.98 Å². The number of anilines is 1. The van der Waals surface area contributed by atoms with E-state index in [4.69, 9.17) is 0 Å². The summed E-state index contributed by atoms with van der Waals surface area (Å²) >= 11 is 1.58. The fraction of sp³-hybridized carbons (Fsp3) is 0.0526. The van der Waals surface area contributed by atoms with Crippen LogP contribution in [0.1, 0.15) is 11.1 Å². The number of aromatic hydroxyl groups is 1. The predicted molar refractivity (Wildman–Crippen MR) is 103 cm³/mol. The van der Waals surface area contributed by atoms with Crippen molar-refractivity contribution in [2.24, 2.45) is 4.99 Å². The maximum Gasteiger partial charge on any atom is 0.198 e. The van der Waals surface area contributed by atoms with Gasteiger partial charge in [-0.05, 0) is 23.8 Å². The second-order valence-corrected chi connectivity index (χ2v) is 6.44. The lowest BCUT2D eigenvalue weighted by Gasteiger charge is -2.03. The monoisotopic (exact) mass is 348 g/mol. The van der Waals surface area contributed by atoms with Gasteiger partial charge >= 0.3 is 0 Å². The third-order valence-electron chi connectivity index (χ3n) is 3.88. The van der Waals surface area contributed by atoms with Crippen LogP contribution in [-0.4, -0.2) is 21.3 Å². The molecule has 3 N–H and O–H groups in total. The molecule has 0 atom stereocenters. The van der Waals surface area contributed by atoms with Crippen LogP contribution in [0.4, 0.5) is 10.8 Å². The number of aromatic amines is 1. The molecule has 4 aromatic rings. The van der Waals surface area contributed by atoms with Gasteiger partial charge in [-0.1, -0.05) is 30.3 Å². The van der Waals surface area contributed by atoms with E-state index >= 15 is 0 Å². The Morgan fingerprint density at radius 2 is 2.00 bits per heavy atom. The van der Waals surface area contributed by atoms with Gasteiger partial charge in [0.15, 0.2) is 11.0 Å².